The monoisotopic (exact) mass is 552 g/mol. The van der Waals surface area contributed by atoms with Gasteiger partial charge in [0, 0.05) is 39.2 Å². The minimum atomic E-state index is -4.66. The van der Waals surface area contributed by atoms with Crippen molar-refractivity contribution in [1.82, 2.24) is 5.16 Å². The van der Waals surface area contributed by atoms with Gasteiger partial charge in [0.25, 0.3) is 0 Å². The molecule has 37 heavy (non-hydrogen) atoms. The molecule has 0 saturated heterocycles. The molecule has 0 bridgehead atoms. The van der Waals surface area contributed by atoms with Gasteiger partial charge in [0.2, 0.25) is 14.6 Å². The molecule has 0 spiro atoms. The normalized spacial score (nSPS) is 17.0. The molecule has 10 heteroatoms. The van der Waals surface area contributed by atoms with E-state index in [-0.39, 0.29) is 21.9 Å². The van der Waals surface area contributed by atoms with Crippen molar-refractivity contribution in [3.05, 3.63) is 101 Å². The van der Waals surface area contributed by atoms with Gasteiger partial charge in [-0.25, -0.2) is 13.2 Å². The second kappa shape index (κ2) is 9.63. The van der Waals surface area contributed by atoms with Crippen LogP contribution in [-0.2, 0) is 19.4 Å². The Balaban J connectivity index is 1.81. The SMILES string of the molecule is COC(=O)C1(S(=O)(=O)c2c(-c3ccc(Cl)cc3)noc2-c2ccccc2)C=NC=C1c1ccc(Cl)cc1. The van der Waals surface area contributed by atoms with Gasteiger partial charge in [-0.05, 0) is 29.8 Å². The summed E-state index contributed by atoms with van der Waals surface area (Å²) >= 11 is 12.1. The third-order valence-electron chi connectivity index (χ3n) is 6.00. The van der Waals surface area contributed by atoms with Crippen molar-refractivity contribution in [2.24, 2.45) is 4.99 Å². The summed E-state index contributed by atoms with van der Waals surface area (Å²) in [5, 5.41) is 5.03. The predicted molar refractivity (Wildman–Crippen MR) is 142 cm³/mol. The molecule has 4 aromatic rings. The van der Waals surface area contributed by atoms with E-state index < -0.39 is 20.6 Å². The minimum absolute atomic E-state index is 0.0227. The molecule has 1 aliphatic rings. The third kappa shape index (κ3) is 4.07. The van der Waals surface area contributed by atoms with Gasteiger partial charge < -0.3 is 9.26 Å². The van der Waals surface area contributed by atoms with Crippen molar-refractivity contribution >= 4 is 50.8 Å². The number of esters is 1. The van der Waals surface area contributed by atoms with Crippen LogP contribution in [0, 0.1) is 0 Å². The molecule has 1 atom stereocenters. The highest BCUT2D eigenvalue weighted by molar-refractivity contribution is 7.95. The quantitative estimate of drug-likeness (QED) is 0.267. The Hall–Kier alpha value is -3.72. The second-order valence-electron chi connectivity index (χ2n) is 8.12. The number of methoxy groups -OCH3 is 1. The number of benzene rings is 3. The predicted octanol–water partition coefficient (Wildman–Crippen LogP) is 6.13. The smallest absolute Gasteiger partial charge is 0.337 e. The summed E-state index contributed by atoms with van der Waals surface area (Å²) in [6.07, 6.45) is 2.40. The number of hydrogen-bond donors (Lipinski definition) is 0. The lowest BCUT2D eigenvalue weighted by Gasteiger charge is -2.27. The zero-order chi connectivity index (χ0) is 26.2. The molecule has 5 rings (SSSR count). The van der Waals surface area contributed by atoms with E-state index in [0.717, 1.165) is 13.3 Å². The van der Waals surface area contributed by atoms with Crippen molar-refractivity contribution in [3.63, 3.8) is 0 Å². The molecule has 1 aliphatic heterocycles. The van der Waals surface area contributed by atoms with E-state index in [1.807, 2.05) is 0 Å². The first-order valence-electron chi connectivity index (χ1n) is 10.9. The number of rotatable bonds is 6. The van der Waals surface area contributed by atoms with Crippen LogP contribution in [0.5, 0.6) is 0 Å². The van der Waals surface area contributed by atoms with Gasteiger partial charge in [-0.1, -0.05) is 83.0 Å². The molecule has 186 valence electrons. The fourth-order valence-corrected chi connectivity index (χ4v) is 6.54. The molecular weight excluding hydrogens is 535 g/mol. The number of halogens is 2. The molecule has 0 N–H and O–H groups in total. The number of ether oxygens (including phenoxy) is 1. The first-order valence-corrected chi connectivity index (χ1v) is 13.2. The fraction of sp³-hybridized carbons (Fsp3) is 0.0741. The lowest BCUT2D eigenvalue weighted by molar-refractivity contribution is -0.140. The van der Waals surface area contributed by atoms with E-state index in [2.05, 4.69) is 10.1 Å². The van der Waals surface area contributed by atoms with Gasteiger partial charge >= 0.3 is 5.97 Å². The van der Waals surface area contributed by atoms with E-state index in [1.54, 1.807) is 78.9 Å². The van der Waals surface area contributed by atoms with Gasteiger partial charge in [0.15, 0.2) is 5.76 Å². The van der Waals surface area contributed by atoms with E-state index in [9.17, 15) is 13.2 Å². The van der Waals surface area contributed by atoms with Crippen LogP contribution < -0.4 is 0 Å². The van der Waals surface area contributed by atoms with Crippen LogP contribution >= 0.6 is 23.2 Å². The van der Waals surface area contributed by atoms with Crippen molar-refractivity contribution in [2.45, 2.75) is 9.64 Å². The summed E-state index contributed by atoms with van der Waals surface area (Å²) in [4.78, 5) is 17.3. The number of hydrogen-bond acceptors (Lipinski definition) is 7. The van der Waals surface area contributed by atoms with Gasteiger partial charge in [-0.15, -0.1) is 0 Å². The van der Waals surface area contributed by atoms with E-state index in [0.29, 0.717) is 26.7 Å². The average Bonchev–Trinajstić information content (AvgIpc) is 3.56. The Kier molecular flexibility index (Phi) is 6.49. The third-order valence-corrected chi connectivity index (χ3v) is 8.76. The van der Waals surface area contributed by atoms with Crippen LogP contribution in [0.2, 0.25) is 10.0 Å². The van der Waals surface area contributed by atoms with Crippen molar-refractivity contribution in [1.29, 1.82) is 0 Å². The fourth-order valence-electron chi connectivity index (χ4n) is 4.20. The molecule has 0 aliphatic carbocycles. The number of aromatic nitrogens is 1. The second-order valence-corrected chi connectivity index (χ2v) is 11.1. The molecule has 0 amide bonds. The molecule has 7 nitrogen and oxygen atoms in total. The van der Waals surface area contributed by atoms with Crippen LogP contribution in [0.1, 0.15) is 5.56 Å². The van der Waals surface area contributed by atoms with Crippen LogP contribution in [0.4, 0.5) is 0 Å². The largest absolute Gasteiger partial charge is 0.467 e. The highest BCUT2D eigenvalue weighted by Crippen LogP contribution is 2.46. The molecule has 0 saturated carbocycles. The molecule has 1 aromatic heterocycles. The van der Waals surface area contributed by atoms with Gasteiger partial charge in [0.05, 0.1) is 7.11 Å². The van der Waals surface area contributed by atoms with E-state index in [4.69, 9.17) is 32.5 Å². The first kappa shape index (κ1) is 25.0. The average molecular weight is 553 g/mol. The number of aliphatic imine (C=N–C) groups is 1. The molecule has 3 aromatic carbocycles. The van der Waals surface area contributed by atoms with Crippen molar-refractivity contribution < 1.29 is 22.5 Å². The van der Waals surface area contributed by atoms with Gasteiger partial charge in [0.1, 0.15) is 10.6 Å². The zero-order valence-electron chi connectivity index (χ0n) is 19.3. The number of nitrogens with zero attached hydrogens (tertiary/aromatic N) is 2. The molecule has 2 heterocycles. The summed E-state index contributed by atoms with van der Waals surface area (Å²) in [6, 6.07) is 21.5. The van der Waals surface area contributed by atoms with Crippen LogP contribution in [0.15, 0.2) is 99.5 Å². The standard InChI is InChI=1S/C27H18Cl2N2O5S/c1-35-26(32)27(16-30-15-22(27)17-7-11-20(28)12-8-17)37(33,34)25-23(18-9-13-21(29)14-10-18)31-36-24(25)19-5-3-2-4-6-19/h2-16H,1H3. The number of sulfone groups is 1. The first-order chi connectivity index (χ1) is 17.8. The van der Waals surface area contributed by atoms with E-state index >= 15 is 0 Å². The summed E-state index contributed by atoms with van der Waals surface area (Å²) in [6.45, 7) is 0. The van der Waals surface area contributed by atoms with Crippen molar-refractivity contribution in [2.75, 3.05) is 7.11 Å². The summed E-state index contributed by atoms with van der Waals surface area (Å²) in [7, 11) is -3.54. The number of carbonyl (C=O) groups is 1. The van der Waals surface area contributed by atoms with E-state index in [1.165, 1.54) is 6.20 Å². The van der Waals surface area contributed by atoms with Crippen LogP contribution in [0.3, 0.4) is 0 Å². The lowest BCUT2D eigenvalue weighted by Crippen LogP contribution is -2.48. The zero-order valence-corrected chi connectivity index (χ0v) is 21.6. The molecule has 0 radical (unpaired) electrons. The Bertz CT molecular complexity index is 1650. The Morgan fingerprint density at radius 2 is 1.46 bits per heavy atom. The van der Waals surface area contributed by atoms with Crippen LogP contribution in [-0.4, -0.2) is 37.6 Å². The summed E-state index contributed by atoms with van der Waals surface area (Å²) in [5.41, 5.74) is 1.45. The Morgan fingerprint density at radius 3 is 2.05 bits per heavy atom. The van der Waals surface area contributed by atoms with Crippen LogP contribution in [0.25, 0.3) is 28.2 Å². The Labute approximate surface area is 222 Å². The maximum absolute atomic E-state index is 14.7. The molecule has 1 unspecified atom stereocenters. The number of carbonyl (C=O) groups excluding carboxylic acids is 1. The Morgan fingerprint density at radius 1 is 0.865 bits per heavy atom. The van der Waals surface area contributed by atoms with Gasteiger partial charge in [-0.2, -0.15) is 0 Å². The highest BCUT2D eigenvalue weighted by atomic mass is 35.5. The summed E-state index contributed by atoms with van der Waals surface area (Å²) in [5.74, 6) is -1.05. The lowest BCUT2D eigenvalue weighted by atomic mass is 9.94. The highest BCUT2D eigenvalue weighted by Gasteiger charge is 2.59. The summed E-state index contributed by atoms with van der Waals surface area (Å²) < 4.78 is 37.9. The maximum atomic E-state index is 14.7. The maximum Gasteiger partial charge on any atom is 0.337 e. The minimum Gasteiger partial charge on any atom is -0.467 e. The molecular formula is C27H18Cl2N2O5S. The topological polar surface area (TPSA) is 98.8 Å². The molecule has 0 fully saturated rings. The van der Waals surface area contributed by atoms with Crippen molar-refractivity contribution in [3.8, 4) is 22.6 Å². The van der Waals surface area contributed by atoms with Gasteiger partial charge in [-0.3, -0.25) is 4.99 Å².